The number of carboxylic acid groups (broad SMARTS) is 1. The van der Waals surface area contributed by atoms with E-state index in [1.807, 2.05) is 0 Å². The van der Waals surface area contributed by atoms with Gasteiger partial charge in [0.2, 0.25) is 0 Å². The molecular formula is C19H10ClF3N4O3. The highest BCUT2D eigenvalue weighted by atomic mass is 35.5. The first-order chi connectivity index (χ1) is 14.1. The number of benzene rings is 1. The molecule has 0 aliphatic carbocycles. The van der Waals surface area contributed by atoms with Crippen LogP contribution in [0.1, 0.15) is 16.1 Å². The number of carbonyl (C=O) groups is 1. The Hall–Kier alpha value is -3.66. The lowest BCUT2D eigenvalue weighted by Gasteiger charge is -2.16. The molecule has 0 amide bonds. The highest BCUT2D eigenvalue weighted by Gasteiger charge is 2.34. The molecule has 0 bridgehead atoms. The van der Waals surface area contributed by atoms with E-state index in [-0.39, 0.29) is 16.2 Å². The van der Waals surface area contributed by atoms with Gasteiger partial charge in [-0.2, -0.15) is 13.2 Å². The number of nitrogens with two attached hydrogens (primary N) is 1. The number of carboxylic acids is 1. The molecule has 3 heterocycles. The quantitative estimate of drug-likeness (QED) is 0.463. The molecule has 7 nitrogen and oxygen atoms in total. The lowest BCUT2D eigenvalue weighted by Crippen LogP contribution is -2.28. The van der Waals surface area contributed by atoms with Gasteiger partial charge < -0.3 is 10.8 Å². The smallest absolute Gasteiger partial charge is 0.433 e. The number of fused-ring (bicyclic) bond motifs is 2. The third-order valence-corrected chi connectivity index (χ3v) is 4.84. The van der Waals surface area contributed by atoms with E-state index in [0.717, 1.165) is 10.6 Å². The van der Waals surface area contributed by atoms with Crippen LogP contribution in [0.15, 0.2) is 47.4 Å². The van der Waals surface area contributed by atoms with Crippen LogP contribution < -0.4 is 11.3 Å². The number of alkyl halides is 3. The lowest BCUT2D eigenvalue weighted by atomic mass is 10.1. The van der Waals surface area contributed by atoms with Gasteiger partial charge in [-0.1, -0.05) is 23.7 Å². The number of aromatic nitrogens is 3. The highest BCUT2D eigenvalue weighted by molar-refractivity contribution is 6.34. The van der Waals surface area contributed by atoms with Gasteiger partial charge in [0, 0.05) is 22.4 Å². The maximum absolute atomic E-state index is 13.3. The molecule has 0 saturated carbocycles. The summed E-state index contributed by atoms with van der Waals surface area (Å²) in [6.45, 7) is 0. The van der Waals surface area contributed by atoms with Crippen molar-refractivity contribution >= 4 is 45.1 Å². The van der Waals surface area contributed by atoms with Gasteiger partial charge in [-0.05, 0) is 24.3 Å². The summed E-state index contributed by atoms with van der Waals surface area (Å²) in [5.41, 5.74) is 1.84. The number of aromatic carboxylic acids is 1. The third kappa shape index (κ3) is 2.92. The van der Waals surface area contributed by atoms with Crippen molar-refractivity contribution in [3.05, 3.63) is 69.4 Å². The first kappa shape index (κ1) is 19.6. The molecule has 1 aromatic carbocycles. The second-order valence-corrected chi connectivity index (χ2v) is 6.63. The summed E-state index contributed by atoms with van der Waals surface area (Å²) in [6, 6.07) is 7.70. The Balaban J connectivity index is 2.25. The van der Waals surface area contributed by atoms with Crippen LogP contribution in [0.2, 0.25) is 5.15 Å². The zero-order valence-electron chi connectivity index (χ0n) is 14.7. The summed E-state index contributed by atoms with van der Waals surface area (Å²) in [5.74, 6) is -1.62. The molecular weight excluding hydrogens is 425 g/mol. The molecule has 0 aliphatic rings. The molecule has 0 fully saturated rings. The largest absolute Gasteiger partial charge is 0.477 e. The number of hydrogen-bond acceptors (Lipinski definition) is 5. The minimum atomic E-state index is -4.79. The Morgan fingerprint density at radius 2 is 1.83 bits per heavy atom. The Kier molecular flexibility index (Phi) is 4.39. The molecule has 0 atom stereocenters. The zero-order chi connectivity index (χ0) is 21.8. The SMILES string of the molecule is Nc1c(C(=O)O)c(=O)n(-c2cccc3c(Cl)nccc23)c2nc(C(F)(F)F)ccc12. The van der Waals surface area contributed by atoms with Gasteiger partial charge in [-0.3, -0.25) is 9.36 Å². The van der Waals surface area contributed by atoms with Crippen molar-refractivity contribution in [2.24, 2.45) is 0 Å². The number of halogens is 4. The van der Waals surface area contributed by atoms with E-state index in [0.29, 0.717) is 16.8 Å². The van der Waals surface area contributed by atoms with E-state index in [1.165, 1.54) is 24.4 Å². The normalized spacial score (nSPS) is 11.9. The monoisotopic (exact) mass is 434 g/mol. The van der Waals surface area contributed by atoms with E-state index in [1.54, 1.807) is 6.07 Å². The van der Waals surface area contributed by atoms with Crippen LogP contribution in [-0.2, 0) is 6.18 Å². The van der Waals surface area contributed by atoms with Crippen LogP contribution in [0.4, 0.5) is 18.9 Å². The summed E-state index contributed by atoms with van der Waals surface area (Å²) in [4.78, 5) is 32.3. The van der Waals surface area contributed by atoms with E-state index >= 15 is 0 Å². The van der Waals surface area contributed by atoms with E-state index in [2.05, 4.69) is 9.97 Å². The topological polar surface area (TPSA) is 111 Å². The number of anilines is 1. The standard InChI is InChI=1S/C19H10ClF3N4O3/c20-15-9-2-1-3-11(8(9)6-7-25-15)27-16-10(4-5-12(26-16)19(21,22)23)14(24)13(17(27)28)18(29)30/h1-7H,24H2,(H,29,30). The van der Waals surface area contributed by atoms with Gasteiger partial charge in [0.1, 0.15) is 22.1 Å². The second-order valence-electron chi connectivity index (χ2n) is 6.27. The van der Waals surface area contributed by atoms with E-state index < -0.39 is 40.3 Å². The van der Waals surface area contributed by atoms with Gasteiger partial charge in [0.15, 0.2) is 0 Å². The van der Waals surface area contributed by atoms with Crippen molar-refractivity contribution in [1.29, 1.82) is 0 Å². The average molecular weight is 435 g/mol. The van der Waals surface area contributed by atoms with E-state index in [4.69, 9.17) is 17.3 Å². The molecule has 0 radical (unpaired) electrons. The predicted molar refractivity (Wildman–Crippen MR) is 104 cm³/mol. The lowest BCUT2D eigenvalue weighted by molar-refractivity contribution is -0.141. The summed E-state index contributed by atoms with van der Waals surface area (Å²) in [5, 5.41) is 10.3. The first-order valence-corrected chi connectivity index (χ1v) is 8.68. The Bertz CT molecular complexity index is 1420. The molecule has 3 aromatic heterocycles. The molecule has 0 spiro atoms. The van der Waals surface area contributed by atoms with Crippen LogP contribution in [0, 0.1) is 0 Å². The van der Waals surface area contributed by atoms with Crippen LogP contribution in [-0.4, -0.2) is 25.6 Å². The van der Waals surface area contributed by atoms with Gasteiger partial charge in [-0.25, -0.2) is 14.8 Å². The molecule has 0 aliphatic heterocycles. The summed E-state index contributed by atoms with van der Waals surface area (Å²) in [6.07, 6.45) is -3.44. The molecule has 4 aromatic rings. The van der Waals surface area contributed by atoms with Crippen molar-refractivity contribution in [1.82, 2.24) is 14.5 Å². The van der Waals surface area contributed by atoms with Gasteiger partial charge in [0.05, 0.1) is 11.4 Å². The Labute approximate surface area is 170 Å². The molecule has 0 saturated heterocycles. The van der Waals surface area contributed by atoms with Crippen LogP contribution >= 0.6 is 11.6 Å². The molecule has 30 heavy (non-hydrogen) atoms. The van der Waals surface area contributed by atoms with E-state index in [9.17, 15) is 27.9 Å². The minimum Gasteiger partial charge on any atom is -0.477 e. The van der Waals surface area contributed by atoms with Crippen LogP contribution in [0.3, 0.4) is 0 Å². The summed E-state index contributed by atoms with van der Waals surface area (Å²) < 4.78 is 40.6. The average Bonchev–Trinajstić information content (AvgIpc) is 2.67. The van der Waals surface area contributed by atoms with Gasteiger partial charge in [-0.15, -0.1) is 0 Å². The van der Waals surface area contributed by atoms with Gasteiger partial charge in [0.25, 0.3) is 5.56 Å². The maximum Gasteiger partial charge on any atom is 0.433 e. The fraction of sp³-hybridized carbons (Fsp3) is 0.0526. The van der Waals surface area contributed by atoms with Gasteiger partial charge >= 0.3 is 12.1 Å². The fourth-order valence-electron chi connectivity index (χ4n) is 3.22. The number of rotatable bonds is 2. The third-order valence-electron chi connectivity index (χ3n) is 4.54. The number of hydrogen-bond donors (Lipinski definition) is 2. The first-order valence-electron chi connectivity index (χ1n) is 8.30. The highest BCUT2D eigenvalue weighted by Crippen LogP contribution is 2.33. The Morgan fingerprint density at radius 1 is 1.10 bits per heavy atom. The molecule has 11 heteroatoms. The number of pyridine rings is 3. The van der Waals surface area contributed by atoms with Crippen molar-refractivity contribution < 1.29 is 23.1 Å². The predicted octanol–water partition coefficient (Wildman–Crippen LogP) is 3.89. The fourth-order valence-corrected chi connectivity index (χ4v) is 3.45. The zero-order valence-corrected chi connectivity index (χ0v) is 15.5. The summed E-state index contributed by atoms with van der Waals surface area (Å²) >= 11 is 6.09. The molecule has 3 N–H and O–H groups in total. The molecule has 152 valence electrons. The molecule has 4 rings (SSSR count). The second kappa shape index (κ2) is 6.70. The van der Waals surface area contributed by atoms with Crippen molar-refractivity contribution in [3.63, 3.8) is 0 Å². The minimum absolute atomic E-state index is 0.0844. The number of nitrogen functional groups attached to an aromatic ring is 1. The maximum atomic E-state index is 13.3. The van der Waals surface area contributed by atoms with Crippen molar-refractivity contribution in [3.8, 4) is 5.69 Å². The Morgan fingerprint density at radius 3 is 2.50 bits per heavy atom. The molecule has 0 unspecified atom stereocenters. The van der Waals surface area contributed by atoms with Crippen molar-refractivity contribution in [2.75, 3.05) is 5.73 Å². The van der Waals surface area contributed by atoms with Crippen molar-refractivity contribution in [2.45, 2.75) is 6.18 Å². The number of nitrogens with zero attached hydrogens (tertiary/aromatic N) is 3. The van der Waals surface area contributed by atoms with Crippen LogP contribution in [0.25, 0.3) is 27.5 Å². The summed E-state index contributed by atoms with van der Waals surface area (Å²) in [7, 11) is 0. The van der Waals surface area contributed by atoms with Crippen LogP contribution in [0.5, 0.6) is 0 Å².